The Kier molecular flexibility index (Phi) is 4.50. The van der Waals surface area contributed by atoms with E-state index < -0.39 is 0 Å². The maximum atomic E-state index is 11.7. The van der Waals surface area contributed by atoms with E-state index in [1.807, 2.05) is 0 Å². The average molecular weight is 248 g/mol. The SMILES string of the molecule is CCCCCNc1cnc(C(=O)NC2CC2)cn1. The first-order valence-electron chi connectivity index (χ1n) is 6.66. The van der Waals surface area contributed by atoms with E-state index in [2.05, 4.69) is 27.5 Å². The van der Waals surface area contributed by atoms with Crippen LogP contribution in [0, 0.1) is 0 Å². The molecule has 98 valence electrons. The third-order valence-electron chi connectivity index (χ3n) is 2.88. The lowest BCUT2D eigenvalue weighted by atomic mass is 10.2. The number of nitrogens with zero attached hydrogens (tertiary/aromatic N) is 2. The van der Waals surface area contributed by atoms with Gasteiger partial charge in [-0.2, -0.15) is 0 Å². The molecule has 1 amide bonds. The summed E-state index contributed by atoms with van der Waals surface area (Å²) in [5, 5.41) is 6.08. The van der Waals surface area contributed by atoms with Gasteiger partial charge in [0.15, 0.2) is 0 Å². The second kappa shape index (κ2) is 6.33. The third-order valence-corrected chi connectivity index (χ3v) is 2.88. The van der Waals surface area contributed by atoms with Gasteiger partial charge in [0.05, 0.1) is 12.4 Å². The van der Waals surface area contributed by atoms with Crippen molar-refractivity contribution in [1.29, 1.82) is 0 Å². The van der Waals surface area contributed by atoms with Crippen LogP contribution in [0.1, 0.15) is 49.5 Å². The van der Waals surface area contributed by atoms with Gasteiger partial charge in [0, 0.05) is 12.6 Å². The number of amides is 1. The van der Waals surface area contributed by atoms with Crippen LogP contribution >= 0.6 is 0 Å². The smallest absolute Gasteiger partial charge is 0.271 e. The molecule has 2 rings (SSSR count). The molecular weight excluding hydrogens is 228 g/mol. The second-order valence-corrected chi connectivity index (χ2v) is 4.67. The van der Waals surface area contributed by atoms with E-state index in [4.69, 9.17) is 0 Å². The van der Waals surface area contributed by atoms with Gasteiger partial charge >= 0.3 is 0 Å². The van der Waals surface area contributed by atoms with E-state index in [0.717, 1.165) is 31.6 Å². The molecule has 18 heavy (non-hydrogen) atoms. The number of carbonyl (C=O) groups excluding carboxylic acids is 1. The van der Waals surface area contributed by atoms with Gasteiger partial charge in [-0.15, -0.1) is 0 Å². The van der Waals surface area contributed by atoms with Gasteiger partial charge < -0.3 is 10.6 Å². The van der Waals surface area contributed by atoms with E-state index in [-0.39, 0.29) is 5.91 Å². The van der Waals surface area contributed by atoms with Crippen LogP contribution in [0.25, 0.3) is 0 Å². The van der Waals surface area contributed by atoms with Crippen LogP contribution in [0.4, 0.5) is 5.82 Å². The van der Waals surface area contributed by atoms with Crippen molar-refractivity contribution >= 4 is 11.7 Å². The molecule has 1 saturated carbocycles. The van der Waals surface area contributed by atoms with Gasteiger partial charge in [0.1, 0.15) is 11.5 Å². The molecule has 0 atom stereocenters. The average Bonchev–Trinajstić information content (AvgIpc) is 3.19. The first kappa shape index (κ1) is 12.8. The van der Waals surface area contributed by atoms with Gasteiger partial charge in [0.25, 0.3) is 5.91 Å². The van der Waals surface area contributed by atoms with Crippen LogP contribution in [-0.2, 0) is 0 Å². The van der Waals surface area contributed by atoms with Crippen LogP contribution < -0.4 is 10.6 Å². The number of carbonyl (C=O) groups is 1. The van der Waals surface area contributed by atoms with Crippen molar-refractivity contribution in [3.8, 4) is 0 Å². The van der Waals surface area contributed by atoms with E-state index in [1.165, 1.54) is 19.0 Å². The van der Waals surface area contributed by atoms with Crippen molar-refractivity contribution in [3.63, 3.8) is 0 Å². The summed E-state index contributed by atoms with van der Waals surface area (Å²) in [6, 6.07) is 0.353. The molecule has 5 heteroatoms. The first-order valence-corrected chi connectivity index (χ1v) is 6.66. The van der Waals surface area contributed by atoms with Crippen molar-refractivity contribution in [2.75, 3.05) is 11.9 Å². The largest absolute Gasteiger partial charge is 0.369 e. The Hall–Kier alpha value is -1.65. The zero-order valence-electron chi connectivity index (χ0n) is 10.8. The predicted octanol–water partition coefficient (Wildman–Crippen LogP) is 1.97. The van der Waals surface area contributed by atoms with Gasteiger partial charge in [-0.1, -0.05) is 19.8 Å². The summed E-state index contributed by atoms with van der Waals surface area (Å²) in [7, 11) is 0. The molecule has 0 bridgehead atoms. The molecule has 0 unspecified atom stereocenters. The quantitative estimate of drug-likeness (QED) is 0.724. The molecule has 1 heterocycles. The first-order chi connectivity index (χ1) is 8.79. The maximum absolute atomic E-state index is 11.7. The normalized spacial score (nSPS) is 14.3. The Bertz CT molecular complexity index is 386. The Labute approximate surface area is 107 Å². The Morgan fingerprint density at radius 3 is 2.78 bits per heavy atom. The summed E-state index contributed by atoms with van der Waals surface area (Å²) in [6.07, 6.45) is 8.85. The zero-order chi connectivity index (χ0) is 12.8. The number of nitrogens with one attached hydrogen (secondary N) is 2. The van der Waals surface area contributed by atoms with E-state index in [1.54, 1.807) is 6.20 Å². The van der Waals surface area contributed by atoms with Crippen LogP contribution in [-0.4, -0.2) is 28.5 Å². The molecule has 1 aromatic heterocycles. The fraction of sp³-hybridized carbons (Fsp3) is 0.615. The summed E-state index contributed by atoms with van der Waals surface area (Å²) >= 11 is 0. The summed E-state index contributed by atoms with van der Waals surface area (Å²) in [5.41, 5.74) is 0.390. The third kappa shape index (κ3) is 3.98. The molecule has 1 aliphatic rings. The standard InChI is InChI=1S/C13H20N4O/c1-2-3-4-7-14-12-9-15-11(8-16-12)13(18)17-10-5-6-10/h8-10H,2-7H2,1H3,(H,14,16)(H,17,18). The highest BCUT2D eigenvalue weighted by molar-refractivity contribution is 5.92. The maximum Gasteiger partial charge on any atom is 0.271 e. The number of unbranched alkanes of at least 4 members (excludes halogenated alkanes) is 2. The molecule has 5 nitrogen and oxygen atoms in total. The van der Waals surface area contributed by atoms with Crippen molar-refractivity contribution in [2.45, 2.75) is 45.1 Å². The van der Waals surface area contributed by atoms with Crippen molar-refractivity contribution < 1.29 is 4.79 Å². The van der Waals surface area contributed by atoms with Gasteiger partial charge in [-0.05, 0) is 19.3 Å². The summed E-state index contributed by atoms with van der Waals surface area (Å²) in [6.45, 7) is 3.07. The molecule has 1 aromatic rings. The number of hydrogen-bond donors (Lipinski definition) is 2. The lowest BCUT2D eigenvalue weighted by molar-refractivity contribution is 0.0945. The predicted molar refractivity (Wildman–Crippen MR) is 70.5 cm³/mol. The topological polar surface area (TPSA) is 66.9 Å². The Balaban J connectivity index is 1.78. The van der Waals surface area contributed by atoms with E-state index >= 15 is 0 Å². The highest BCUT2D eigenvalue weighted by atomic mass is 16.2. The summed E-state index contributed by atoms with van der Waals surface area (Å²) < 4.78 is 0. The molecule has 2 N–H and O–H groups in total. The highest BCUT2D eigenvalue weighted by Crippen LogP contribution is 2.19. The van der Waals surface area contributed by atoms with Crippen LogP contribution in [0.3, 0.4) is 0 Å². The van der Waals surface area contributed by atoms with Crippen LogP contribution in [0.5, 0.6) is 0 Å². The molecular formula is C13H20N4O. The van der Waals surface area contributed by atoms with Gasteiger partial charge in [-0.3, -0.25) is 4.79 Å². The fourth-order valence-electron chi connectivity index (χ4n) is 1.62. The van der Waals surface area contributed by atoms with Gasteiger partial charge in [-0.25, -0.2) is 9.97 Å². The number of rotatable bonds is 7. The minimum Gasteiger partial charge on any atom is -0.369 e. The van der Waals surface area contributed by atoms with Crippen LogP contribution in [0.15, 0.2) is 12.4 Å². The number of aromatic nitrogens is 2. The zero-order valence-corrected chi connectivity index (χ0v) is 10.8. The Morgan fingerprint density at radius 2 is 2.17 bits per heavy atom. The number of anilines is 1. The lowest BCUT2D eigenvalue weighted by Gasteiger charge is -2.05. The monoisotopic (exact) mass is 248 g/mol. The molecule has 0 aromatic carbocycles. The molecule has 0 aliphatic heterocycles. The van der Waals surface area contributed by atoms with E-state index in [9.17, 15) is 4.79 Å². The van der Waals surface area contributed by atoms with Crippen LogP contribution in [0.2, 0.25) is 0 Å². The number of hydrogen-bond acceptors (Lipinski definition) is 4. The minimum absolute atomic E-state index is 0.123. The molecule has 1 aliphatic carbocycles. The Morgan fingerprint density at radius 1 is 1.33 bits per heavy atom. The second-order valence-electron chi connectivity index (χ2n) is 4.67. The molecule has 1 fully saturated rings. The highest BCUT2D eigenvalue weighted by Gasteiger charge is 2.24. The minimum atomic E-state index is -0.123. The summed E-state index contributed by atoms with van der Waals surface area (Å²) in [5.74, 6) is 0.608. The van der Waals surface area contributed by atoms with Crippen molar-refractivity contribution in [1.82, 2.24) is 15.3 Å². The van der Waals surface area contributed by atoms with Crippen molar-refractivity contribution in [3.05, 3.63) is 18.1 Å². The van der Waals surface area contributed by atoms with Crippen molar-refractivity contribution in [2.24, 2.45) is 0 Å². The molecule has 0 spiro atoms. The fourth-order valence-corrected chi connectivity index (χ4v) is 1.62. The van der Waals surface area contributed by atoms with E-state index in [0.29, 0.717) is 11.7 Å². The molecule has 0 saturated heterocycles. The van der Waals surface area contributed by atoms with Gasteiger partial charge in [0.2, 0.25) is 0 Å². The lowest BCUT2D eigenvalue weighted by Crippen LogP contribution is -2.26. The summed E-state index contributed by atoms with van der Waals surface area (Å²) in [4.78, 5) is 20.0. The molecule has 0 radical (unpaired) electrons.